The summed E-state index contributed by atoms with van der Waals surface area (Å²) in [4.78, 5) is 10.9. The molecule has 0 bridgehead atoms. The molecule has 1 aliphatic heterocycles. The van der Waals surface area contributed by atoms with Gasteiger partial charge in [0.05, 0.1) is 0 Å². The van der Waals surface area contributed by atoms with Crippen LogP contribution in [0.1, 0.15) is 38.5 Å². The molecule has 1 aromatic heterocycles. The lowest BCUT2D eigenvalue weighted by atomic mass is 9.78. The summed E-state index contributed by atoms with van der Waals surface area (Å²) in [7, 11) is 0. The Morgan fingerprint density at radius 2 is 1.95 bits per heavy atom. The van der Waals surface area contributed by atoms with Crippen molar-refractivity contribution in [3.63, 3.8) is 0 Å². The Labute approximate surface area is 113 Å². The number of anilines is 3. The van der Waals surface area contributed by atoms with Crippen LogP contribution >= 0.6 is 0 Å². The zero-order valence-electron chi connectivity index (χ0n) is 11.2. The highest BCUT2D eigenvalue weighted by Crippen LogP contribution is 2.37. The van der Waals surface area contributed by atoms with E-state index in [1.54, 1.807) is 0 Å². The predicted molar refractivity (Wildman–Crippen MR) is 76.6 cm³/mol. The van der Waals surface area contributed by atoms with Gasteiger partial charge in [-0.2, -0.15) is 9.97 Å². The van der Waals surface area contributed by atoms with E-state index >= 15 is 0 Å². The molecule has 2 aliphatic rings. The third-order valence-corrected chi connectivity index (χ3v) is 4.42. The van der Waals surface area contributed by atoms with Crippen LogP contribution in [-0.4, -0.2) is 22.6 Å². The second kappa shape index (κ2) is 5.21. The molecule has 1 aromatic rings. The standard InChI is InChI=1S/C13H22N6/c14-13-16-11(18-15)8-12(17-13)19-7-3-5-9-4-1-2-6-10(9)19/h8-10H,1-7,15H2,(H3,14,16,17,18). The smallest absolute Gasteiger partial charge is 0.223 e. The van der Waals surface area contributed by atoms with Crippen molar-refractivity contribution < 1.29 is 0 Å². The minimum absolute atomic E-state index is 0.281. The van der Waals surface area contributed by atoms with Crippen molar-refractivity contribution in [1.82, 2.24) is 9.97 Å². The summed E-state index contributed by atoms with van der Waals surface area (Å²) in [5.41, 5.74) is 8.33. The van der Waals surface area contributed by atoms with Gasteiger partial charge in [0.1, 0.15) is 11.6 Å². The van der Waals surface area contributed by atoms with E-state index in [0.717, 1.165) is 18.3 Å². The van der Waals surface area contributed by atoms with E-state index in [-0.39, 0.29) is 5.95 Å². The first-order valence-electron chi connectivity index (χ1n) is 7.16. The van der Waals surface area contributed by atoms with Gasteiger partial charge in [-0.25, -0.2) is 5.84 Å². The van der Waals surface area contributed by atoms with Gasteiger partial charge in [-0.3, -0.25) is 0 Å². The highest BCUT2D eigenvalue weighted by atomic mass is 15.3. The van der Waals surface area contributed by atoms with E-state index in [2.05, 4.69) is 20.3 Å². The van der Waals surface area contributed by atoms with Crippen molar-refractivity contribution in [1.29, 1.82) is 0 Å². The van der Waals surface area contributed by atoms with Crippen molar-refractivity contribution in [2.75, 3.05) is 22.6 Å². The number of piperidine rings is 1. The third-order valence-electron chi connectivity index (χ3n) is 4.42. The first-order chi connectivity index (χ1) is 9.28. The third kappa shape index (κ3) is 2.45. The molecule has 6 heteroatoms. The van der Waals surface area contributed by atoms with Crippen LogP contribution in [0.15, 0.2) is 6.07 Å². The highest BCUT2D eigenvalue weighted by molar-refractivity contribution is 5.53. The van der Waals surface area contributed by atoms with Gasteiger partial charge in [-0.15, -0.1) is 0 Å². The Bertz CT molecular complexity index is 447. The molecule has 104 valence electrons. The Morgan fingerprint density at radius 1 is 1.16 bits per heavy atom. The van der Waals surface area contributed by atoms with Crippen molar-refractivity contribution in [3.8, 4) is 0 Å². The van der Waals surface area contributed by atoms with E-state index in [1.165, 1.54) is 38.5 Å². The molecule has 2 heterocycles. The van der Waals surface area contributed by atoms with Crippen LogP contribution in [0.3, 0.4) is 0 Å². The zero-order chi connectivity index (χ0) is 13.2. The zero-order valence-corrected chi connectivity index (χ0v) is 11.2. The van der Waals surface area contributed by atoms with E-state index in [9.17, 15) is 0 Å². The van der Waals surface area contributed by atoms with Gasteiger partial charge in [0.25, 0.3) is 0 Å². The Kier molecular flexibility index (Phi) is 3.42. The average molecular weight is 262 g/mol. The van der Waals surface area contributed by atoms with Gasteiger partial charge < -0.3 is 16.1 Å². The molecule has 2 unspecified atom stereocenters. The molecule has 0 spiro atoms. The van der Waals surface area contributed by atoms with Crippen molar-refractivity contribution in [2.24, 2.45) is 11.8 Å². The summed E-state index contributed by atoms with van der Waals surface area (Å²) in [6.45, 7) is 1.06. The number of nitrogen functional groups attached to an aromatic ring is 2. The molecule has 0 radical (unpaired) electrons. The average Bonchev–Trinajstić information content (AvgIpc) is 2.46. The quantitative estimate of drug-likeness (QED) is 0.552. The maximum atomic E-state index is 5.77. The fraction of sp³-hybridized carbons (Fsp3) is 0.692. The van der Waals surface area contributed by atoms with Crippen molar-refractivity contribution >= 4 is 17.6 Å². The second-order valence-corrected chi connectivity index (χ2v) is 5.56. The molecule has 1 saturated heterocycles. The number of hydrazine groups is 1. The van der Waals surface area contributed by atoms with Gasteiger partial charge >= 0.3 is 0 Å². The Morgan fingerprint density at radius 3 is 2.79 bits per heavy atom. The van der Waals surface area contributed by atoms with E-state index < -0.39 is 0 Å². The monoisotopic (exact) mass is 262 g/mol. The van der Waals surface area contributed by atoms with Gasteiger partial charge in [0, 0.05) is 18.7 Å². The number of nitrogens with one attached hydrogen (secondary N) is 1. The van der Waals surface area contributed by atoms with Crippen LogP contribution < -0.4 is 21.9 Å². The van der Waals surface area contributed by atoms with Crippen LogP contribution in [-0.2, 0) is 0 Å². The lowest BCUT2D eigenvalue weighted by Gasteiger charge is -2.44. The van der Waals surface area contributed by atoms with E-state index in [1.807, 2.05) is 6.07 Å². The lowest BCUT2D eigenvalue weighted by molar-refractivity contribution is 0.243. The van der Waals surface area contributed by atoms with Crippen LogP contribution in [0.5, 0.6) is 0 Å². The van der Waals surface area contributed by atoms with Gasteiger partial charge in [-0.1, -0.05) is 12.8 Å². The first kappa shape index (κ1) is 12.5. The number of rotatable bonds is 2. The summed E-state index contributed by atoms with van der Waals surface area (Å²) in [6, 6.07) is 2.51. The number of hydrogen-bond donors (Lipinski definition) is 3. The lowest BCUT2D eigenvalue weighted by Crippen LogP contribution is -2.47. The number of nitrogens with zero attached hydrogens (tertiary/aromatic N) is 3. The predicted octanol–water partition coefficient (Wildman–Crippen LogP) is 1.50. The van der Waals surface area contributed by atoms with Crippen LogP contribution in [0.4, 0.5) is 17.6 Å². The molecule has 0 aromatic carbocycles. The summed E-state index contributed by atoms with van der Waals surface area (Å²) in [6.07, 6.45) is 7.89. The summed E-state index contributed by atoms with van der Waals surface area (Å²) in [5, 5.41) is 0. The second-order valence-electron chi connectivity index (χ2n) is 5.56. The van der Waals surface area contributed by atoms with Crippen molar-refractivity contribution in [3.05, 3.63) is 6.07 Å². The number of aromatic nitrogens is 2. The summed E-state index contributed by atoms with van der Waals surface area (Å²) < 4.78 is 0. The largest absolute Gasteiger partial charge is 0.368 e. The molecular weight excluding hydrogens is 240 g/mol. The normalized spacial score (nSPS) is 26.9. The maximum absolute atomic E-state index is 5.77. The fourth-order valence-corrected chi connectivity index (χ4v) is 3.58. The molecule has 6 nitrogen and oxygen atoms in total. The Balaban J connectivity index is 1.89. The molecule has 2 atom stereocenters. The van der Waals surface area contributed by atoms with Gasteiger partial charge in [0.15, 0.2) is 0 Å². The molecule has 3 rings (SSSR count). The van der Waals surface area contributed by atoms with Gasteiger partial charge in [0.2, 0.25) is 5.95 Å². The molecule has 0 amide bonds. The molecule has 1 aliphatic carbocycles. The topological polar surface area (TPSA) is 93.1 Å². The molecule has 1 saturated carbocycles. The summed E-state index contributed by atoms with van der Waals surface area (Å²) in [5.74, 6) is 8.03. The SMILES string of the molecule is NNc1cc(N2CCCC3CCCCC32)nc(N)n1. The summed E-state index contributed by atoms with van der Waals surface area (Å²) >= 11 is 0. The van der Waals surface area contributed by atoms with E-state index in [0.29, 0.717) is 11.9 Å². The van der Waals surface area contributed by atoms with Crippen molar-refractivity contribution in [2.45, 2.75) is 44.6 Å². The first-order valence-corrected chi connectivity index (χ1v) is 7.16. The highest BCUT2D eigenvalue weighted by Gasteiger charge is 2.34. The Hall–Kier alpha value is -1.56. The molecule has 5 N–H and O–H groups in total. The van der Waals surface area contributed by atoms with E-state index in [4.69, 9.17) is 11.6 Å². The minimum Gasteiger partial charge on any atom is -0.368 e. The molecule has 2 fully saturated rings. The fourth-order valence-electron chi connectivity index (χ4n) is 3.58. The number of hydrogen-bond acceptors (Lipinski definition) is 6. The number of fused-ring (bicyclic) bond motifs is 1. The molecule has 19 heavy (non-hydrogen) atoms. The van der Waals surface area contributed by atoms with Gasteiger partial charge in [-0.05, 0) is 31.6 Å². The van der Waals surface area contributed by atoms with Crippen LogP contribution in [0.2, 0.25) is 0 Å². The molecular formula is C13H22N6. The minimum atomic E-state index is 0.281. The van der Waals surface area contributed by atoms with Crippen LogP contribution in [0.25, 0.3) is 0 Å². The van der Waals surface area contributed by atoms with Crippen LogP contribution in [0, 0.1) is 5.92 Å². The maximum Gasteiger partial charge on any atom is 0.223 e. The number of nitrogens with two attached hydrogens (primary N) is 2.